The van der Waals surface area contributed by atoms with Crippen molar-refractivity contribution in [1.29, 1.82) is 0 Å². The molecule has 2 amide bonds. The van der Waals surface area contributed by atoms with E-state index < -0.39 is 18.1 Å². The van der Waals surface area contributed by atoms with E-state index in [1.54, 1.807) is 6.92 Å². The van der Waals surface area contributed by atoms with Crippen molar-refractivity contribution in [3.63, 3.8) is 0 Å². The number of imide groups is 1. The molecule has 0 spiro atoms. The average molecular weight is 305 g/mol. The Morgan fingerprint density at radius 1 is 1.32 bits per heavy atom. The van der Waals surface area contributed by atoms with Gasteiger partial charge in [-0.2, -0.15) is 0 Å². The molecule has 0 aliphatic carbocycles. The van der Waals surface area contributed by atoms with E-state index in [2.05, 4.69) is 0 Å². The third kappa shape index (κ3) is 3.47. The average Bonchev–Trinajstić information content (AvgIpc) is 2.86. The van der Waals surface area contributed by atoms with E-state index in [0.717, 1.165) is 5.56 Å². The summed E-state index contributed by atoms with van der Waals surface area (Å²) in [7, 11) is 0. The van der Waals surface area contributed by atoms with Gasteiger partial charge in [-0.15, -0.1) is 0 Å². The molecule has 5 heteroatoms. The van der Waals surface area contributed by atoms with Crippen molar-refractivity contribution in [3.8, 4) is 0 Å². The summed E-state index contributed by atoms with van der Waals surface area (Å²) in [6.07, 6.45) is -0.838. The summed E-state index contributed by atoms with van der Waals surface area (Å²) in [5, 5.41) is 10.1. The lowest BCUT2D eigenvalue weighted by Gasteiger charge is -2.27. The molecule has 1 heterocycles. The van der Waals surface area contributed by atoms with E-state index in [1.165, 1.54) is 4.90 Å². The van der Waals surface area contributed by atoms with Crippen LogP contribution >= 0.6 is 0 Å². The Kier molecular flexibility index (Phi) is 5.19. The Labute approximate surface area is 130 Å². The van der Waals surface area contributed by atoms with Gasteiger partial charge in [0.15, 0.2) is 0 Å². The number of hydrogen-bond acceptors (Lipinski definition) is 4. The number of aliphatic hydroxyl groups excluding tert-OH is 1. The fourth-order valence-corrected chi connectivity index (χ4v) is 2.71. The molecule has 0 radical (unpaired) electrons. The van der Waals surface area contributed by atoms with Crippen LogP contribution in [0, 0.1) is 11.8 Å². The highest BCUT2D eigenvalue weighted by Gasteiger charge is 2.41. The summed E-state index contributed by atoms with van der Waals surface area (Å²) in [5.41, 5.74) is 1.04. The molecular weight excluding hydrogens is 282 g/mol. The highest BCUT2D eigenvalue weighted by molar-refractivity contribution is 5.95. The third-order valence-electron chi connectivity index (χ3n) is 4.10. The Morgan fingerprint density at radius 3 is 2.55 bits per heavy atom. The van der Waals surface area contributed by atoms with Gasteiger partial charge in [-0.1, -0.05) is 51.1 Å². The van der Waals surface area contributed by atoms with Gasteiger partial charge in [0.25, 0.3) is 0 Å². The maximum absolute atomic E-state index is 12.6. The fourth-order valence-electron chi connectivity index (χ4n) is 2.71. The van der Waals surface area contributed by atoms with Crippen LogP contribution in [-0.4, -0.2) is 40.8 Å². The molecule has 22 heavy (non-hydrogen) atoms. The fraction of sp³-hybridized carbons (Fsp3) is 0.529. The van der Waals surface area contributed by atoms with Crippen molar-refractivity contribution in [2.45, 2.75) is 39.3 Å². The van der Waals surface area contributed by atoms with Gasteiger partial charge < -0.3 is 9.84 Å². The topological polar surface area (TPSA) is 66.8 Å². The van der Waals surface area contributed by atoms with E-state index in [1.807, 2.05) is 44.2 Å². The van der Waals surface area contributed by atoms with Gasteiger partial charge in [-0.25, -0.2) is 9.69 Å². The Morgan fingerprint density at radius 2 is 1.95 bits per heavy atom. The maximum Gasteiger partial charge on any atom is 0.416 e. The Hall–Kier alpha value is -1.88. The van der Waals surface area contributed by atoms with Gasteiger partial charge in [0, 0.05) is 0 Å². The molecule has 1 saturated heterocycles. The molecule has 1 aromatic rings. The second kappa shape index (κ2) is 6.92. The second-order valence-electron chi connectivity index (χ2n) is 6.15. The second-order valence-corrected chi connectivity index (χ2v) is 6.15. The van der Waals surface area contributed by atoms with Crippen molar-refractivity contribution in [2.24, 2.45) is 11.8 Å². The quantitative estimate of drug-likeness (QED) is 0.906. The van der Waals surface area contributed by atoms with Gasteiger partial charge in [0.05, 0.1) is 18.1 Å². The number of aliphatic hydroxyl groups is 1. The standard InChI is InChI=1S/C17H23NO4/c1-11(2)15(19)12(3)16(20)18-14(10-22-17(18)21)9-13-7-5-4-6-8-13/h4-8,11-12,14-15,19H,9-10H2,1-3H3/t12-,14?,15+/m0/s1. The number of carbonyl (C=O) groups is 2. The summed E-state index contributed by atoms with van der Waals surface area (Å²) in [5.74, 6) is -1.06. The molecule has 120 valence electrons. The smallest absolute Gasteiger partial charge is 0.416 e. The zero-order chi connectivity index (χ0) is 16.3. The molecule has 3 atom stereocenters. The maximum atomic E-state index is 12.6. The number of cyclic esters (lactones) is 1. The molecule has 0 aromatic heterocycles. The normalized spacial score (nSPS) is 20.9. The number of amides is 2. The number of benzene rings is 1. The molecule has 0 saturated carbocycles. The molecule has 2 rings (SSSR count). The molecule has 1 fully saturated rings. The van der Waals surface area contributed by atoms with Crippen LogP contribution in [0.5, 0.6) is 0 Å². The molecule has 1 N–H and O–H groups in total. The lowest BCUT2D eigenvalue weighted by atomic mass is 9.93. The summed E-state index contributed by atoms with van der Waals surface area (Å²) in [4.78, 5) is 25.7. The predicted molar refractivity (Wildman–Crippen MR) is 82.1 cm³/mol. The van der Waals surface area contributed by atoms with E-state index in [0.29, 0.717) is 6.42 Å². The number of nitrogens with zero attached hydrogens (tertiary/aromatic N) is 1. The lowest BCUT2D eigenvalue weighted by Crippen LogP contribution is -2.46. The predicted octanol–water partition coefficient (Wildman–Crippen LogP) is 2.23. The number of ether oxygens (including phenoxy) is 1. The van der Waals surface area contributed by atoms with Crippen molar-refractivity contribution >= 4 is 12.0 Å². The van der Waals surface area contributed by atoms with Crippen LogP contribution in [0.2, 0.25) is 0 Å². The minimum absolute atomic E-state index is 0.0508. The van der Waals surface area contributed by atoms with E-state index in [4.69, 9.17) is 4.74 Å². The molecule has 1 aliphatic heterocycles. The van der Waals surface area contributed by atoms with Gasteiger partial charge in [-0.3, -0.25) is 4.79 Å². The molecule has 0 bridgehead atoms. The van der Waals surface area contributed by atoms with Gasteiger partial charge in [0.1, 0.15) is 6.61 Å². The van der Waals surface area contributed by atoms with E-state index in [-0.39, 0.29) is 24.5 Å². The van der Waals surface area contributed by atoms with E-state index >= 15 is 0 Å². The SMILES string of the molecule is CC(C)[C@@H](O)[C@H](C)C(=O)N1C(=O)OCC1Cc1ccccc1. The highest BCUT2D eigenvalue weighted by atomic mass is 16.6. The molecular formula is C17H23NO4. The van der Waals surface area contributed by atoms with E-state index in [9.17, 15) is 14.7 Å². The minimum Gasteiger partial charge on any atom is -0.447 e. The Bertz CT molecular complexity index is 529. The van der Waals surface area contributed by atoms with Crippen LogP contribution in [0.1, 0.15) is 26.3 Å². The third-order valence-corrected chi connectivity index (χ3v) is 4.10. The number of hydrogen-bond donors (Lipinski definition) is 1. The largest absolute Gasteiger partial charge is 0.447 e. The van der Waals surface area contributed by atoms with Crippen LogP contribution in [-0.2, 0) is 16.0 Å². The summed E-state index contributed by atoms with van der Waals surface area (Å²) < 4.78 is 5.05. The van der Waals surface area contributed by atoms with Crippen molar-refractivity contribution in [3.05, 3.63) is 35.9 Å². The van der Waals surface area contributed by atoms with Crippen LogP contribution in [0.3, 0.4) is 0 Å². The van der Waals surface area contributed by atoms with Crippen LogP contribution < -0.4 is 0 Å². The minimum atomic E-state index is -0.779. The van der Waals surface area contributed by atoms with Crippen LogP contribution in [0.4, 0.5) is 4.79 Å². The number of rotatable bonds is 5. The van der Waals surface area contributed by atoms with Crippen molar-refractivity contribution in [1.82, 2.24) is 4.90 Å². The first kappa shape index (κ1) is 16.5. The van der Waals surface area contributed by atoms with Crippen molar-refractivity contribution in [2.75, 3.05) is 6.61 Å². The Balaban J connectivity index is 2.12. The van der Waals surface area contributed by atoms with Crippen LogP contribution in [0.25, 0.3) is 0 Å². The monoisotopic (exact) mass is 305 g/mol. The van der Waals surface area contributed by atoms with Gasteiger partial charge in [0.2, 0.25) is 5.91 Å². The zero-order valence-electron chi connectivity index (χ0n) is 13.2. The van der Waals surface area contributed by atoms with Gasteiger partial charge >= 0.3 is 6.09 Å². The molecule has 1 aliphatic rings. The lowest BCUT2D eigenvalue weighted by molar-refractivity contribution is -0.137. The molecule has 5 nitrogen and oxygen atoms in total. The van der Waals surface area contributed by atoms with Crippen molar-refractivity contribution < 1.29 is 19.4 Å². The first-order valence-electron chi connectivity index (χ1n) is 7.63. The summed E-state index contributed by atoms with van der Waals surface area (Å²) >= 11 is 0. The van der Waals surface area contributed by atoms with Gasteiger partial charge in [-0.05, 0) is 17.9 Å². The summed E-state index contributed by atoms with van der Waals surface area (Å²) in [6, 6.07) is 9.36. The first-order valence-corrected chi connectivity index (χ1v) is 7.63. The molecule has 1 aromatic carbocycles. The summed E-state index contributed by atoms with van der Waals surface area (Å²) in [6.45, 7) is 5.54. The highest BCUT2D eigenvalue weighted by Crippen LogP contribution is 2.23. The van der Waals surface area contributed by atoms with Crippen LogP contribution in [0.15, 0.2) is 30.3 Å². The number of carbonyl (C=O) groups excluding carboxylic acids is 2. The first-order chi connectivity index (χ1) is 10.4. The zero-order valence-corrected chi connectivity index (χ0v) is 13.2. The molecule has 1 unspecified atom stereocenters.